The minimum Gasteiger partial charge on any atom is -0.506 e. The number of hydrogen-bond acceptors (Lipinski definition) is 4. The summed E-state index contributed by atoms with van der Waals surface area (Å²) in [5.74, 6) is -0.0757. The first-order valence-corrected chi connectivity index (χ1v) is 7.01. The van der Waals surface area contributed by atoms with Gasteiger partial charge in [-0.2, -0.15) is 9.78 Å². The lowest BCUT2D eigenvalue weighted by Gasteiger charge is -2.12. The van der Waals surface area contributed by atoms with E-state index in [1.165, 1.54) is 10.7 Å². The molecule has 0 atom stereocenters. The van der Waals surface area contributed by atoms with Gasteiger partial charge in [0, 0.05) is 18.7 Å². The van der Waals surface area contributed by atoms with Crippen LogP contribution in [0.1, 0.15) is 30.7 Å². The van der Waals surface area contributed by atoms with Crippen molar-refractivity contribution in [2.45, 2.75) is 40.3 Å². The first kappa shape index (κ1) is 15.3. The zero-order valence-corrected chi connectivity index (χ0v) is 12.8. The number of nitrogens with zero attached hydrogens (tertiary/aromatic N) is 2. The number of aryl methyl sites for hydroxylation is 2. The van der Waals surface area contributed by atoms with Gasteiger partial charge >= 0.3 is 0 Å². The average molecular weight is 287 g/mol. The number of aromatic hydroxyl groups is 1. The SMILES string of the molecule is Cc1ccc(-n2nc(CNC(C)C)c(O)cc2=O)cc1C. The Kier molecular flexibility index (Phi) is 4.43. The number of rotatable bonds is 4. The number of aromatic nitrogens is 2. The first-order valence-electron chi connectivity index (χ1n) is 7.01. The fourth-order valence-corrected chi connectivity index (χ4v) is 1.95. The molecule has 0 aliphatic carbocycles. The number of nitrogens with one attached hydrogen (secondary N) is 1. The molecular weight excluding hydrogens is 266 g/mol. The third-order valence-electron chi connectivity index (χ3n) is 3.40. The van der Waals surface area contributed by atoms with Crippen molar-refractivity contribution >= 4 is 0 Å². The Morgan fingerprint density at radius 2 is 1.95 bits per heavy atom. The highest BCUT2D eigenvalue weighted by Crippen LogP contribution is 2.15. The molecule has 5 heteroatoms. The smallest absolute Gasteiger partial charge is 0.275 e. The molecule has 2 rings (SSSR count). The standard InChI is InChI=1S/C16H21N3O2/c1-10(2)17-9-14-15(20)8-16(21)19(18-14)13-6-5-11(3)12(4)7-13/h5-8,10,17,20H,9H2,1-4H3. The Morgan fingerprint density at radius 3 is 2.57 bits per heavy atom. The molecule has 21 heavy (non-hydrogen) atoms. The van der Waals surface area contributed by atoms with E-state index in [9.17, 15) is 9.90 Å². The maximum Gasteiger partial charge on any atom is 0.275 e. The van der Waals surface area contributed by atoms with Crippen LogP contribution in [-0.4, -0.2) is 20.9 Å². The average Bonchev–Trinajstić information content (AvgIpc) is 2.41. The van der Waals surface area contributed by atoms with Gasteiger partial charge < -0.3 is 10.4 Å². The molecule has 0 amide bonds. The van der Waals surface area contributed by atoms with E-state index in [1.54, 1.807) is 0 Å². The molecule has 2 aromatic rings. The lowest BCUT2D eigenvalue weighted by molar-refractivity contribution is 0.447. The van der Waals surface area contributed by atoms with Crippen molar-refractivity contribution in [2.24, 2.45) is 0 Å². The molecule has 0 unspecified atom stereocenters. The quantitative estimate of drug-likeness (QED) is 0.903. The highest BCUT2D eigenvalue weighted by molar-refractivity contribution is 5.39. The highest BCUT2D eigenvalue weighted by Gasteiger charge is 2.10. The van der Waals surface area contributed by atoms with Crippen LogP contribution in [0.5, 0.6) is 5.75 Å². The third-order valence-corrected chi connectivity index (χ3v) is 3.40. The van der Waals surface area contributed by atoms with Gasteiger partial charge in [-0.1, -0.05) is 19.9 Å². The van der Waals surface area contributed by atoms with Gasteiger partial charge in [0.2, 0.25) is 0 Å². The molecule has 1 aromatic heterocycles. The van der Waals surface area contributed by atoms with Crippen LogP contribution >= 0.6 is 0 Å². The number of hydrogen-bond donors (Lipinski definition) is 2. The van der Waals surface area contributed by atoms with Crippen LogP contribution in [-0.2, 0) is 6.54 Å². The largest absolute Gasteiger partial charge is 0.506 e. The lowest BCUT2D eigenvalue weighted by Crippen LogP contribution is -2.26. The third kappa shape index (κ3) is 3.49. The molecule has 0 saturated heterocycles. The molecule has 0 radical (unpaired) electrons. The Morgan fingerprint density at radius 1 is 1.24 bits per heavy atom. The molecule has 0 bridgehead atoms. The molecule has 1 heterocycles. The zero-order valence-electron chi connectivity index (χ0n) is 12.8. The second-order valence-corrected chi connectivity index (χ2v) is 5.53. The summed E-state index contributed by atoms with van der Waals surface area (Å²) in [4.78, 5) is 12.0. The summed E-state index contributed by atoms with van der Waals surface area (Å²) >= 11 is 0. The summed E-state index contributed by atoms with van der Waals surface area (Å²) in [6, 6.07) is 7.21. The van der Waals surface area contributed by atoms with Crippen LogP contribution in [0.15, 0.2) is 29.1 Å². The van der Waals surface area contributed by atoms with E-state index in [2.05, 4.69) is 10.4 Å². The van der Waals surface area contributed by atoms with Crippen LogP contribution in [0.25, 0.3) is 5.69 Å². The monoisotopic (exact) mass is 287 g/mol. The molecule has 2 N–H and O–H groups in total. The van der Waals surface area contributed by atoms with Gasteiger partial charge in [-0.15, -0.1) is 0 Å². The Hall–Kier alpha value is -2.14. The van der Waals surface area contributed by atoms with Crippen LogP contribution in [0.2, 0.25) is 0 Å². The second-order valence-electron chi connectivity index (χ2n) is 5.53. The van der Waals surface area contributed by atoms with Crippen LogP contribution in [0.4, 0.5) is 0 Å². The van der Waals surface area contributed by atoms with Crippen molar-refractivity contribution in [3.05, 3.63) is 51.4 Å². The Labute approximate surface area is 124 Å². The van der Waals surface area contributed by atoms with Gasteiger partial charge in [0.05, 0.1) is 5.69 Å². The molecule has 112 valence electrons. The van der Waals surface area contributed by atoms with Gasteiger partial charge in [0.1, 0.15) is 11.4 Å². The van der Waals surface area contributed by atoms with Gasteiger partial charge in [-0.3, -0.25) is 4.79 Å². The van der Waals surface area contributed by atoms with E-state index < -0.39 is 0 Å². The number of benzene rings is 1. The maximum absolute atomic E-state index is 12.0. The topological polar surface area (TPSA) is 67.2 Å². The summed E-state index contributed by atoms with van der Waals surface area (Å²) in [6.45, 7) is 8.44. The molecule has 0 aliphatic rings. The van der Waals surface area contributed by atoms with Gasteiger partial charge in [-0.25, -0.2) is 0 Å². The molecule has 0 aliphatic heterocycles. The summed E-state index contributed by atoms with van der Waals surface area (Å²) in [5.41, 5.74) is 3.07. The summed E-state index contributed by atoms with van der Waals surface area (Å²) < 4.78 is 1.32. The maximum atomic E-state index is 12.0. The van der Waals surface area contributed by atoms with Crippen LogP contribution in [0.3, 0.4) is 0 Å². The van der Waals surface area contributed by atoms with E-state index in [0.29, 0.717) is 17.9 Å². The van der Waals surface area contributed by atoms with Crippen LogP contribution < -0.4 is 10.9 Å². The second kappa shape index (κ2) is 6.10. The van der Waals surface area contributed by atoms with E-state index >= 15 is 0 Å². The zero-order chi connectivity index (χ0) is 15.6. The van der Waals surface area contributed by atoms with Crippen LogP contribution in [0, 0.1) is 13.8 Å². The molecule has 1 aromatic carbocycles. The van der Waals surface area contributed by atoms with Crippen molar-refractivity contribution in [3.63, 3.8) is 0 Å². The lowest BCUT2D eigenvalue weighted by atomic mass is 10.1. The first-order chi connectivity index (χ1) is 9.88. The van der Waals surface area contributed by atoms with Gasteiger partial charge in [-0.05, 0) is 37.1 Å². The van der Waals surface area contributed by atoms with E-state index in [0.717, 1.165) is 11.1 Å². The van der Waals surface area contributed by atoms with E-state index in [4.69, 9.17) is 0 Å². The Bertz CT molecular complexity index is 705. The van der Waals surface area contributed by atoms with Crippen molar-refractivity contribution in [1.82, 2.24) is 15.1 Å². The highest BCUT2D eigenvalue weighted by atomic mass is 16.3. The molecular formula is C16H21N3O2. The fraction of sp³-hybridized carbons (Fsp3) is 0.375. The van der Waals surface area contributed by atoms with Gasteiger partial charge in [0.15, 0.2) is 0 Å². The van der Waals surface area contributed by atoms with E-state index in [1.807, 2.05) is 45.9 Å². The summed E-state index contributed by atoms with van der Waals surface area (Å²) in [7, 11) is 0. The van der Waals surface area contributed by atoms with Crippen molar-refractivity contribution < 1.29 is 5.11 Å². The minimum atomic E-state index is -0.343. The predicted molar refractivity (Wildman–Crippen MR) is 82.9 cm³/mol. The fourth-order valence-electron chi connectivity index (χ4n) is 1.95. The normalized spacial score (nSPS) is 11.1. The summed E-state index contributed by atoms with van der Waals surface area (Å²) in [5, 5.41) is 17.3. The molecule has 5 nitrogen and oxygen atoms in total. The Balaban J connectivity index is 2.45. The minimum absolute atomic E-state index is 0.0757. The summed E-state index contributed by atoms with van der Waals surface area (Å²) in [6.07, 6.45) is 0. The van der Waals surface area contributed by atoms with Gasteiger partial charge in [0.25, 0.3) is 5.56 Å². The predicted octanol–water partition coefficient (Wildman–Crippen LogP) is 2.05. The molecule has 0 saturated carbocycles. The molecule has 0 spiro atoms. The van der Waals surface area contributed by atoms with Crippen molar-refractivity contribution in [1.29, 1.82) is 0 Å². The molecule has 0 fully saturated rings. The van der Waals surface area contributed by atoms with Crippen molar-refractivity contribution in [2.75, 3.05) is 0 Å². The van der Waals surface area contributed by atoms with E-state index in [-0.39, 0.29) is 17.4 Å². The van der Waals surface area contributed by atoms with Crippen molar-refractivity contribution in [3.8, 4) is 11.4 Å².